The van der Waals surface area contributed by atoms with Crippen molar-refractivity contribution < 1.29 is 9.53 Å². The lowest BCUT2D eigenvalue weighted by atomic mass is 10.1. The first-order valence-corrected chi connectivity index (χ1v) is 9.54. The second-order valence-corrected chi connectivity index (χ2v) is 8.25. The van der Waals surface area contributed by atoms with Crippen molar-refractivity contribution in [2.75, 3.05) is 24.5 Å². The molecule has 2 aromatic heterocycles. The lowest BCUT2D eigenvalue weighted by molar-refractivity contribution is 0.0145. The second kappa shape index (κ2) is 7.94. The maximum Gasteiger partial charge on any atom is 0.410 e. The van der Waals surface area contributed by atoms with E-state index in [0.29, 0.717) is 41.5 Å². The van der Waals surface area contributed by atoms with Gasteiger partial charge in [0.15, 0.2) is 5.82 Å². The molecule has 3 heterocycles. The molecule has 3 rings (SSSR count). The average Bonchev–Trinajstić information content (AvgIpc) is 2.59. The number of aromatic nitrogens is 3. The van der Waals surface area contributed by atoms with Gasteiger partial charge in [-0.3, -0.25) is 0 Å². The van der Waals surface area contributed by atoms with Crippen LogP contribution in [0.5, 0.6) is 0 Å². The minimum atomic E-state index is -0.606. The number of fused-ring (bicyclic) bond motifs is 1. The number of hydrogen-bond acceptors (Lipinski definition) is 7. The highest BCUT2D eigenvalue weighted by Crippen LogP contribution is 2.28. The van der Waals surface area contributed by atoms with Gasteiger partial charge in [-0.05, 0) is 38.4 Å². The summed E-state index contributed by atoms with van der Waals surface area (Å²) in [5.74, 6) is 0.554. The predicted octanol–water partition coefficient (Wildman–Crippen LogP) is 3.67. The Hall–Kier alpha value is -2.37. The van der Waals surface area contributed by atoms with E-state index in [2.05, 4.69) is 21.0 Å². The van der Waals surface area contributed by atoms with Gasteiger partial charge in [-0.25, -0.2) is 14.8 Å². The molecule has 10 heteroatoms. The molecule has 0 unspecified atom stereocenters. The molecule has 2 aromatic rings. The number of amides is 1. The third-order valence-corrected chi connectivity index (χ3v) is 4.57. The standard InChI is InChI=1S/C18H20Cl2N6O2/c1-18(2,3)28-17(27)26-7-6-25(10-12(26)4-5-21)15-14-13(23-16(20)24-15)8-11(19)9-22-14/h8-9,12H,4,6-7,10H2,1-3H3/t12-/m0/s1. The average molecular weight is 423 g/mol. The first-order chi connectivity index (χ1) is 13.2. The Morgan fingerprint density at radius 1 is 1.36 bits per heavy atom. The van der Waals surface area contributed by atoms with Crippen LogP contribution in [0.1, 0.15) is 27.2 Å². The van der Waals surface area contributed by atoms with Crippen LogP contribution >= 0.6 is 23.2 Å². The van der Waals surface area contributed by atoms with Crippen LogP contribution in [0.25, 0.3) is 11.0 Å². The number of carbonyl (C=O) groups excluding carboxylic acids is 1. The van der Waals surface area contributed by atoms with Crippen molar-refractivity contribution in [3.63, 3.8) is 0 Å². The molecule has 0 radical (unpaired) electrons. The summed E-state index contributed by atoms with van der Waals surface area (Å²) in [5.41, 5.74) is 0.495. The van der Waals surface area contributed by atoms with E-state index >= 15 is 0 Å². The molecule has 0 aliphatic carbocycles. The van der Waals surface area contributed by atoms with Crippen LogP contribution < -0.4 is 4.90 Å². The van der Waals surface area contributed by atoms with Crippen LogP contribution in [0, 0.1) is 11.3 Å². The maximum atomic E-state index is 12.5. The number of carbonyl (C=O) groups is 1. The molecule has 0 saturated carbocycles. The fraction of sp³-hybridized carbons (Fsp3) is 0.500. The van der Waals surface area contributed by atoms with Gasteiger partial charge in [0.25, 0.3) is 0 Å². The Morgan fingerprint density at radius 3 is 2.79 bits per heavy atom. The minimum absolute atomic E-state index is 0.0815. The Morgan fingerprint density at radius 2 is 2.11 bits per heavy atom. The summed E-state index contributed by atoms with van der Waals surface area (Å²) in [4.78, 5) is 29.0. The van der Waals surface area contributed by atoms with Crippen molar-refractivity contribution in [3.8, 4) is 6.07 Å². The Balaban J connectivity index is 1.89. The summed E-state index contributed by atoms with van der Waals surface area (Å²) in [6, 6.07) is 3.47. The molecule has 1 aliphatic heterocycles. The number of nitriles is 1. The Kier molecular flexibility index (Phi) is 5.77. The molecule has 0 spiro atoms. The Bertz CT molecular complexity index is 935. The van der Waals surface area contributed by atoms with Crippen LogP contribution in [0.15, 0.2) is 12.3 Å². The molecule has 0 aromatic carbocycles. The summed E-state index contributed by atoms with van der Waals surface area (Å²) >= 11 is 12.1. The molecule has 28 heavy (non-hydrogen) atoms. The van der Waals surface area contributed by atoms with Crippen molar-refractivity contribution in [2.24, 2.45) is 0 Å². The highest BCUT2D eigenvalue weighted by molar-refractivity contribution is 6.31. The van der Waals surface area contributed by atoms with Gasteiger partial charge in [-0.2, -0.15) is 10.2 Å². The number of ether oxygens (including phenoxy) is 1. The summed E-state index contributed by atoms with van der Waals surface area (Å²) < 4.78 is 5.48. The van der Waals surface area contributed by atoms with E-state index in [9.17, 15) is 10.1 Å². The van der Waals surface area contributed by atoms with E-state index in [1.807, 2.05) is 25.7 Å². The van der Waals surface area contributed by atoms with Crippen LogP contribution in [0.2, 0.25) is 10.3 Å². The fourth-order valence-corrected chi connectivity index (χ4v) is 3.38. The predicted molar refractivity (Wildman–Crippen MR) is 107 cm³/mol. The largest absolute Gasteiger partial charge is 0.444 e. The topological polar surface area (TPSA) is 95.2 Å². The number of rotatable bonds is 2. The zero-order chi connectivity index (χ0) is 20.5. The second-order valence-electron chi connectivity index (χ2n) is 7.47. The van der Waals surface area contributed by atoms with Crippen molar-refractivity contribution in [2.45, 2.75) is 38.8 Å². The molecule has 1 atom stereocenters. The number of anilines is 1. The van der Waals surface area contributed by atoms with Crippen molar-refractivity contribution >= 4 is 46.1 Å². The quantitative estimate of drug-likeness (QED) is 0.680. The van der Waals surface area contributed by atoms with E-state index < -0.39 is 11.7 Å². The number of halogens is 2. The summed E-state index contributed by atoms with van der Waals surface area (Å²) in [5, 5.41) is 9.76. The number of nitrogens with zero attached hydrogens (tertiary/aromatic N) is 6. The van der Waals surface area contributed by atoms with Crippen LogP contribution in [0.4, 0.5) is 10.6 Å². The minimum Gasteiger partial charge on any atom is -0.444 e. The highest BCUT2D eigenvalue weighted by atomic mass is 35.5. The molecular weight excluding hydrogens is 403 g/mol. The van der Waals surface area contributed by atoms with Gasteiger partial charge in [-0.15, -0.1) is 0 Å². The lowest BCUT2D eigenvalue weighted by Crippen LogP contribution is -2.56. The van der Waals surface area contributed by atoms with Crippen LogP contribution in [-0.2, 0) is 4.74 Å². The molecule has 1 amide bonds. The molecule has 0 N–H and O–H groups in total. The van der Waals surface area contributed by atoms with Gasteiger partial charge < -0.3 is 14.5 Å². The number of piperazine rings is 1. The SMILES string of the molecule is CC(C)(C)OC(=O)N1CCN(c2nc(Cl)nc3cc(Cl)cnc23)C[C@@H]1CC#N. The first kappa shape index (κ1) is 20.4. The molecule has 1 aliphatic rings. The van der Waals surface area contributed by atoms with E-state index in [1.54, 1.807) is 11.0 Å². The molecule has 148 valence electrons. The number of pyridine rings is 1. The molecule has 0 bridgehead atoms. The fourth-order valence-electron chi connectivity index (χ4n) is 3.06. The van der Waals surface area contributed by atoms with Gasteiger partial charge in [0, 0.05) is 25.8 Å². The van der Waals surface area contributed by atoms with Gasteiger partial charge >= 0.3 is 6.09 Å². The lowest BCUT2D eigenvalue weighted by Gasteiger charge is -2.41. The summed E-state index contributed by atoms with van der Waals surface area (Å²) in [6.07, 6.45) is 1.27. The van der Waals surface area contributed by atoms with E-state index in [1.165, 1.54) is 6.20 Å². The van der Waals surface area contributed by atoms with Gasteiger partial charge in [-0.1, -0.05) is 11.6 Å². The molecule has 1 saturated heterocycles. The molecule has 8 nitrogen and oxygen atoms in total. The van der Waals surface area contributed by atoms with Gasteiger partial charge in [0.2, 0.25) is 5.28 Å². The van der Waals surface area contributed by atoms with Crippen LogP contribution in [0.3, 0.4) is 0 Å². The van der Waals surface area contributed by atoms with E-state index in [4.69, 9.17) is 27.9 Å². The summed E-state index contributed by atoms with van der Waals surface area (Å²) in [6.45, 7) is 6.72. The molecular formula is C18H20Cl2N6O2. The van der Waals surface area contributed by atoms with Gasteiger partial charge in [0.05, 0.1) is 29.1 Å². The zero-order valence-electron chi connectivity index (χ0n) is 15.8. The van der Waals surface area contributed by atoms with Crippen molar-refractivity contribution in [1.29, 1.82) is 5.26 Å². The van der Waals surface area contributed by atoms with Gasteiger partial charge in [0.1, 0.15) is 11.1 Å². The smallest absolute Gasteiger partial charge is 0.410 e. The first-order valence-electron chi connectivity index (χ1n) is 8.78. The van der Waals surface area contributed by atoms with E-state index in [0.717, 1.165) is 0 Å². The maximum absolute atomic E-state index is 12.5. The van der Waals surface area contributed by atoms with Crippen LogP contribution in [-0.4, -0.2) is 57.2 Å². The van der Waals surface area contributed by atoms with Crippen molar-refractivity contribution in [1.82, 2.24) is 19.9 Å². The monoisotopic (exact) mass is 422 g/mol. The summed E-state index contributed by atoms with van der Waals surface area (Å²) in [7, 11) is 0. The van der Waals surface area contributed by atoms with E-state index in [-0.39, 0.29) is 17.7 Å². The third kappa shape index (κ3) is 4.54. The van der Waals surface area contributed by atoms with Crippen molar-refractivity contribution in [3.05, 3.63) is 22.6 Å². The molecule has 1 fully saturated rings. The highest BCUT2D eigenvalue weighted by Gasteiger charge is 2.34. The third-order valence-electron chi connectivity index (χ3n) is 4.19. The normalized spacial score (nSPS) is 17.5. The zero-order valence-corrected chi connectivity index (χ0v) is 17.3. The Labute approximate surface area is 173 Å². The number of hydrogen-bond donors (Lipinski definition) is 0.